The van der Waals surface area contributed by atoms with Crippen LogP contribution in [-0.4, -0.2) is 5.91 Å². The zero-order chi connectivity index (χ0) is 13.0. The van der Waals surface area contributed by atoms with Gasteiger partial charge < -0.3 is 0 Å². The summed E-state index contributed by atoms with van der Waals surface area (Å²) in [6.45, 7) is 5.71. The molecule has 0 fully saturated rings. The fraction of sp³-hybridized carbons (Fsp3) is 0.0625. The molecule has 0 aliphatic rings. The SMILES string of the molecule is C=C(C)N(C(=O)c1ccccc1)c1ccccc1. The molecular weight excluding hydrogens is 222 g/mol. The largest absolute Gasteiger partial charge is 0.282 e. The molecule has 2 heteroatoms. The van der Waals surface area contributed by atoms with Crippen LogP contribution in [0.2, 0.25) is 0 Å². The second-order valence-electron chi connectivity index (χ2n) is 4.08. The normalized spacial score (nSPS) is 9.83. The third-order valence-electron chi connectivity index (χ3n) is 2.62. The number of anilines is 1. The molecule has 2 rings (SSSR count). The van der Waals surface area contributed by atoms with E-state index in [0.717, 1.165) is 5.69 Å². The minimum Gasteiger partial charge on any atom is -0.282 e. The summed E-state index contributed by atoms with van der Waals surface area (Å²) in [5.74, 6) is -0.0608. The Morgan fingerprint density at radius 3 is 1.94 bits per heavy atom. The third kappa shape index (κ3) is 2.48. The molecular formula is C16H15NO. The van der Waals surface area contributed by atoms with Crippen LogP contribution in [0.5, 0.6) is 0 Å². The van der Waals surface area contributed by atoms with Crippen molar-refractivity contribution in [3.8, 4) is 0 Å². The van der Waals surface area contributed by atoms with Crippen LogP contribution in [0.4, 0.5) is 5.69 Å². The summed E-state index contributed by atoms with van der Waals surface area (Å²) >= 11 is 0. The van der Waals surface area contributed by atoms with Crippen LogP contribution < -0.4 is 4.90 Å². The van der Waals surface area contributed by atoms with Crippen LogP contribution in [0.1, 0.15) is 17.3 Å². The minimum absolute atomic E-state index is 0.0608. The van der Waals surface area contributed by atoms with E-state index in [2.05, 4.69) is 6.58 Å². The van der Waals surface area contributed by atoms with Gasteiger partial charge in [-0.05, 0) is 31.2 Å². The molecule has 90 valence electrons. The topological polar surface area (TPSA) is 20.3 Å². The summed E-state index contributed by atoms with van der Waals surface area (Å²) in [7, 11) is 0. The monoisotopic (exact) mass is 237 g/mol. The predicted molar refractivity (Wildman–Crippen MR) is 74.5 cm³/mol. The maximum atomic E-state index is 12.5. The molecule has 0 aliphatic heterocycles. The molecule has 2 aromatic rings. The Hall–Kier alpha value is -2.35. The number of rotatable bonds is 3. The van der Waals surface area contributed by atoms with Crippen molar-refractivity contribution in [2.75, 3.05) is 4.90 Å². The molecule has 1 amide bonds. The zero-order valence-electron chi connectivity index (χ0n) is 10.3. The van der Waals surface area contributed by atoms with E-state index in [1.54, 1.807) is 17.0 Å². The highest BCUT2D eigenvalue weighted by Crippen LogP contribution is 2.20. The summed E-state index contributed by atoms with van der Waals surface area (Å²) in [5.41, 5.74) is 2.19. The standard InChI is InChI=1S/C16H15NO/c1-13(2)17(15-11-7-4-8-12-15)16(18)14-9-5-3-6-10-14/h3-12H,1H2,2H3. The van der Waals surface area contributed by atoms with Gasteiger partial charge in [-0.1, -0.05) is 43.0 Å². The summed E-state index contributed by atoms with van der Waals surface area (Å²) in [4.78, 5) is 14.1. The van der Waals surface area contributed by atoms with Crippen molar-refractivity contribution in [3.63, 3.8) is 0 Å². The lowest BCUT2D eigenvalue weighted by Crippen LogP contribution is -2.28. The Labute approximate surface area is 107 Å². The number of hydrogen-bond donors (Lipinski definition) is 0. The first-order chi connectivity index (χ1) is 8.70. The molecule has 18 heavy (non-hydrogen) atoms. The van der Waals surface area contributed by atoms with E-state index in [-0.39, 0.29) is 5.91 Å². The fourth-order valence-electron chi connectivity index (χ4n) is 1.80. The Balaban J connectivity index is 2.39. The van der Waals surface area contributed by atoms with Gasteiger partial charge in [-0.3, -0.25) is 9.69 Å². The summed E-state index contributed by atoms with van der Waals surface area (Å²) in [6.07, 6.45) is 0. The van der Waals surface area contributed by atoms with Crippen molar-refractivity contribution in [3.05, 3.63) is 78.5 Å². The van der Waals surface area contributed by atoms with Gasteiger partial charge in [0.25, 0.3) is 5.91 Å². The smallest absolute Gasteiger partial charge is 0.262 e. The Morgan fingerprint density at radius 2 is 1.44 bits per heavy atom. The van der Waals surface area contributed by atoms with E-state index in [4.69, 9.17) is 0 Å². The van der Waals surface area contributed by atoms with Gasteiger partial charge >= 0.3 is 0 Å². The maximum absolute atomic E-state index is 12.5. The molecule has 0 saturated heterocycles. The molecule has 0 heterocycles. The highest BCUT2D eigenvalue weighted by Gasteiger charge is 2.17. The number of amides is 1. The van der Waals surface area contributed by atoms with Gasteiger partial charge in [-0.15, -0.1) is 0 Å². The van der Waals surface area contributed by atoms with Crippen molar-refractivity contribution in [1.82, 2.24) is 0 Å². The summed E-state index contributed by atoms with van der Waals surface area (Å²) in [5, 5.41) is 0. The summed E-state index contributed by atoms with van der Waals surface area (Å²) < 4.78 is 0. The molecule has 0 aliphatic carbocycles. The van der Waals surface area contributed by atoms with Crippen molar-refractivity contribution in [2.45, 2.75) is 6.92 Å². The van der Waals surface area contributed by atoms with E-state index < -0.39 is 0 Å². The van der Waals surface area contributed by atoms with Gasteiger partial charge in [-0.25, -0.2) is 0 Å². The van der Waals surface area contributed by atoms with Gasteiger partial charge in [0.1, 0.15) is 0 Å². The number of allylic oxidation sites excluding steroid dienone is 1. The van der Waals surface area contributed by atoms with Gasteiger partial charge in [0.15, 0.2) is 0 Å². The van der Waals surface area contributed by atoms with E-state index in [1.807, 2.05) is 55.5 Å². The average Bonchev–Trinajstić information content (AvgIpc) is 2.40. The molecule has 0 bridgehead atoms. The van der Waals surface area contributed by atoms with Crippen LogP contribution in [0.25, 0.3) is 0 Å². The molecule has 0 atom stereocenters. The van der Waals surface area contributed by atoms with Crippen LogP contribution in [0.3, 0.4) is 0 Å². The van der Waals surface area contributed by atoms with Crippen LogP contribution in [0.15, 0.2) is 72.9 Å². The lowest BCUT2D eigenvalue weighted by atomic mass is 10.1. The molecule has 0 saturated carbocycles. The van der Waals surface area contributed by atoms with E-state index in [1.165, 1.54) is 0 Å². The number of carbonyl (C=O) groups excluding carboxylic acids is 1. The van der Waals surface area contributed by atoms with Gasteiger partial charge in [0, 0.05) is 16.9 Å². The molecule has 0 radical (unpaired) electrons. The lowest BCUT2D eigenvalue weighted by Gasteiger charge is -2.22. The molecule has 2 nitrogen and oxygen atoms in total. The highest BCUT2D eigenvalue weighted by atomic mass is 16.2. The Bertz CT molecular complexity index is 546. The van der Waals surface area contributed by atoms with Gasteiger partial charge in [0.05, 0.1) is 0 Å². The van der Waals surface area contributed by atoms with Gasteiger partial charge in [0.2, 0.25) is 0 Å². The quantitative estimate of drug-likeness (QED) is 0.793. The molecule has 0 aromatic heterocycles. The average molecular weight is 237 g/mol. The molecule has 0 unspecified atom stereocenters. The van der Waals surface area contributed by atoms with Crippen LogP contribution in [0, 0.1) is 0 Å². The summed E-state index contributed by atoms with van der Waals surface area (Å²) in [6, 6.07) is 18.8. The van der Waals surface area contributed by atoms with Crippen molar-refractivity contribution in [1.29, 1.82) is 0 Å². The first-order valence-corrected chi connectivity index (χ1v) is 5.80. The number of para-hydroxylation sites is 1. The van der Waals surface area contributed by atoms with Crippen LogP contribution >= 0.6 is 0 Å². The number of carbonyl (C=O) groups is 1. The highest BCUT2D eigenvalue weighted by molar-refractivity contribution is 6.07. The number of nitrogens with zero attached hydrogens (tertiary/aromatic N) is 1. The van der Waals surface area contributed by atoms with Crippen molar-refractivity contribution < 1.29 is 4.79 Å². The van der Waals surface area contributed by atoms with E-state index >= 15 is 0 Å². The van der Waals surface area contributed by atoms with E-state index in [9.17, 15) is 4.79 Å². The molecule has 0 spiro atoms. The lowest BCUT2D eigenvalue weighted by molar-refractivity contribution is 0.0995. The minimum atomic E-state index is -0.0608. The molecule has 2 aromatic carbocycles. The zero-order valence-corrected chi connectivity index (χ0v) is 10.3. The van der Waals surface area contributed by atoms with Gasteiger partial charge in [-0.2, -0.15) is 0 Å². The predicted octanol–water partition coefficient (Wildman–Crippen LogP) is 3.87. The first-order valence-electron chi connectivity index (χ1n) is 5.80. The number of hydrogen-bond acceptors (Lipinski definition) is 1. The van der Waals surface area contributed by atoms with E-state index in [0.29, 0.717) is 11.3 Å². The molecule has 0 N–H and O–H groups in total. The second-order valence-corrected chi connectivity index (χ2v) is 4.08. The second kappa shape index (κ2) is 5.32. The third-order valence-corrected chi connectivity index (χ3v) is 2.62. The van der Waals surface area contributed by atoms with Crippen molar-refractivity contribution in [2.24, 2.45) is 0 Å². The van der Waals surface area contributed by atoms with Crippen molar-refractivity contribution >= 4 is 11.6 Å². The fourth-order valence-corrected chi connectivity index (χ4v) is 1.80. The Morgan fingerprint density at radius 1 is 0.944 bits per heavy atom. The maximum Gasteiger partial charge on any atom is 0.262 e. The first kappa shape index (κ1) is 12.1. The van der Waals surface area contributed by atoms with Crippen LogP contribution in [-0.2, 0) is 0 Å². The Kier molecular flexibility index (Phi) is 3.58. The number of benzene rings is 2.